The molecule has 0 fully saturated rings. The molecule has 0 aliphatic heterocycles. The molecule has 0 spiro atoms. The number of nitrogens with two attached hydrogens (primary N) is 1. The lowest BCUT2D eigenvalue weighted by Crippen LogP contribution is -2.43. The van der Waals surface area contributed by atoms with Gasteiger partial charge in [-0.2, -0.15) is 0 Å². The minimum atomic E-state index is -0.751. The Hall–Kier alpha value is -1.89. The van der Waals surface area contributed by atoms with E-state index in [0.717, 1.165) is 9.13 Å². The van der Waals surface area contributed by atoms with Crippen LogP contribution in [0.15, 0.2) is 22.0 Å². The third-order valence-corrected chi connectivity index (χ3v) is 1.71. The van der Waals surface area contributed by atoms with E-state index in [0.29, 0.717) is 0 Å². The van der Waals surface area contributed by atoms with Crippen LogP contribution in [0.25, 0.3) is 0 Å². The quantitative estimate of drug-likeness (QED) is 0.238. The van der Waals surface area contributed by atoms with E-state index in [2.05, 4.69) is 0 Å². The summed E-state index contributed by atoms with van der Waals surface area (Å²) in [7, 11) is 1.46. The summed E-state index contributed by atoms with van der Waals surface area (Å²) in [6.45, 7) is -0.259. The van der Waals surface area contributed by atoms with Crippen molar-refractivity contribution in [3.63, 3.8) is 0 Å². The molecule has 0 radical (unpaired) electrons. The van der Waals surface area contributed by atoms with Gasteiger partial charge in [0.05, 0.1) is 0 Å². The van der Waals surface area contributed by atoms with E-state index in [-0.39, 0.29) is 6.54 Å². The molecule has 0 atom stereocenters. The van der Waals surface area contributed by atoms with E-state index < -0.39 is 17.0 Å². The Morgan fingerprint density at radius 3 is 2.64 bits per heavy atom. The van der Waals surface area contributed by atoms with E-state index >= 15 is 0 Å². The molecular weight excluding hydrogens is 188 g/mol. The lowest BCUT2D eigenvalue weighted by molar-refractivity contribution is -0.121. The molecular formula is C7H10N4O3. The Kier molecular flexibility index (Phi) is 2.82. The highest BCUT2D eigenvalue weighted by Crippen LogP contribution is 1.77. The average molecular weight is 198 g/mol. The molecule has 0 unspecified atom stereocenters. The fourth-order valence-corrected chi connectivity index (χ4v) is 0.914. The molecule has 1 amide bonds. The van der Waals surface area contributed by atoms with Gasteiger partial charge in [0.15, 0.2) is 0 Å². The Morgan fingerprint density at radius 2 is 2.07 bits per heavy atom. The number of carbonyl (C=O) groups excluding carboxylic acids is 1. The zero-order valence-corrected chi connectivity index (χ0v) is 7.56. The van der Waals surface area contributed by atoms with Crippen LogP contribution >= 0.6 is 0 Å². The lowest BCUT2D eigenvalue weighted by atomic mass is 10.5. The zero-order valence-electron chi connectivity index (χ0n) is 7.56. The summed E-state index contributed by atoms with van der Waals surface area (Å²) in [6, 6.07) is 0. The Labute approximate surface area is 78.7 Å². The van der Waals surface area contributed by atoms with Gasteiger partial charge in [0.1, 0.15) is 6.54 Å². The highest BCUT2D eigenvalue weighted by Gasteiger charge is 2.05. The standard InChI is InChI=1S/C7H10N4O3/c1-10-2-3-11(4-5(12)9-8)7(14)6(10)13/h2-3H,4,8H2,1H3,(H,9,12). The highest BCUT2D eigenvalue weighted by molar-refractivity contribution is 5.74. The van der Waals surface area contributed by atoms with Crippen LogP contribution in [-0.4, -0.2) is 15.0 Å². The van der Waals surface area contributed by atoms with Crippen molar-refractivity contribution in [3.8, 4) is 0 Å². The van der Waals surface area contributed by atoms with Gasteiger partial charge in [-0.25, -0.2) is 5.84 Å². The van der Waals surface area contributed by atoms with Gasteiger partial charge < -0.3 is 4.57 Å². The third kappa shape index (κ3) is 1.88. The molecule has 0 saturated heterocycles. The fraction of sp³-hybridized carbons (Fsp3) is 0.286. The summed E-state index contributed by atoms with van der Waals surface area (Å²) < 4.78 is 2.13. The maximum atomic E-state index is 11.2. The molecule has 1 heterocycles. The van der Waals surface area contributed by atoms with Crippen molar-refractivity contribution in [3.05, 3.63) is 33.1 Å². The molecule has 1 aromatic rings. The smallest absolute Gasteiger partial charge is 0.312 e. The molecule has 76 valence electrons. The SMILES string of the molecule is Cn1ccn(CC(=O)NN)c(=O)c1=O. The van der Waals surface area contributed by atoms with Crippen LogP contribution in [0.1, 0.15) is 0 Å². The van der Waals surface area contributed by atoms with Gasteiger partial charge in [0.25, 0.3) is 5.91 Å². The van der Waals surface area contributed by atoms with Gasteiger partial charge in [-0.15, -0.1) is 0 Å². The maximum absolute atomic E-state index is 11.2. The van der Waals surface area contributed by atoms with Crippen LogP contribution in [0, 0.1) is 0 Å². The minimum Gasteiger partial charge on any atom is -0.312 e. The lowest BCUT2D eigenvalue weighted by Gasteiger charge is -2.04. The summed E-state index contributed by atoms with van der Waals surface area (Å²) in [5.74, 6) is 4.30. The van der Waals surface area contributed by atoms with Crippen LogP contribution in [0.4, 0.5) is 0 Å². The molecule has 3 N–H and O–H groups in total. The predicted octanol–water partition coefficient (Wildman–Crippen LogP) is -2.46. The number of aromatic nitrogens is 2. The molecule has 1 rings (SSSR count). The monoisotopic (exact) mass is 198 g/mol. The number of hydrogen-bond donors (Lipinski definition) is 2. The Balaban J connectivity index is 3.13. The number of hydrazine groups is 1. The van der Waals surface area contributed by atoms with E-state index in [9.17, 15) is 14.4 Å². The average Bonchev–Trinajstić information content (AvgIpc) is 2.19. The second-order valence-corrected chi connectivity index (χ2v) is 2.71. The summed E-state index contributed by atoms with van der Waals surface area (Å²) in [6.07, 6.45) is 2.74. The van der Waals surface area contributed by atoms with Crippen LogP contribution in [0.3, 0.4) is 0 Å². The van der Waals surface area contributed by atoms with Gasteiger partial charge in [-0.05, 0) is 0 Å². The minimum absolute atomic E-state index is 0.259. The molecule has 7 heteroatoms. The molecule has 0 saturated carbocycles. The third-order valence-electron chi connectivity index (χ3n) is 1.71. The topological polar surface area (TPSA) is 99.1 Å². The van der Waals surface area contributed by atoms with Gasteiger partial charge >= 0.3 is 11.1 Å². The number of hydrogen-bond acceptors (Lipinski definition) is 4. The first-order chi connectivity index (χ1) is 6.56. The fourth-order valence-electron chi connectivity index (χ4n) is 0.914. The first-order valence-corrected chi connectivity index (χ1v) is 3.81. The van der Waals surface area contributed by atoms with Crippen molar-refractivity contribution in [1.82, 2.24) is 14.6 Å². The molecule has 0 aliphatic rings. The zero-order chi connectivity index (χ0) is 10.7. The number of nitrogens with one attached hydrogen (secondary N) is 1. The van der Waals surface area contributed by atoms with E-state index in [1.54, 1.807) is 0 Å². The molecule has 0 bridgehead atoms. The van der Waals surface area contributed by atoms with Gasteiger partial charge in [-0.3, -0.25) is 24.4 Å². The van der Waals surface area contributed by atoms with Crippen molar-refractivity contribution in [1.29, 1.82) is 0 Å². The molecule has 0 aliphatic carbocycles. The first-order valence-electron chi connectivity index (χ1n) is 3.81. The summed E-state index contributed by atoms with van der Waals surface area (Å²) >= 11 is 0. The van der Waals surface area contributed by atoms with Gasteiger partial charge in [-0.1, -0.05) is 0 Å². The second-order valence-electron chi connectivity index (χ2n) is 2.71. The van der Waals surface area contributed by atoms with Gasteiger partial charge in [0, 0.05) is 19.4 Å². The summed E-state index contributed by atoms with van der Waals surface area (Å²) in [4.78, 5) is 33.2. The molecule has 7 nitrogen and oxygen atoms in total. The first kappa shape index (κ1) is 10.2. The largest absolute Gasteiger partial charge is 0.316 e. The van der Waals surface area contributed by atoms with Gasteiger partial charge in [0.2, 0.25) is 0 Å². The molecule has 14 heavy (non-hydrogen) atoms. The van der Waals surface area contributed by atoms with Crippen molar-refractivity contribution in [2.45, 2.75) is 6.54 Å². The normalized spacial score (nSPS) is 9.86. The van der Waals surface area contributed by atoms with E-state index in [1.807, 2.05) is 5.43 Å². The molecule has 0 aromatic carbocycles. The number of rotatable bonds is 2. The van der Waals surface area contributed by atoms with Crippen LogP contribution in [0.5, 0.6) is 0 Å². The number of carbonyl (C=O) groups is 1. The number of amides is 1. The van der Waals surface area contributed by atoms with Crippen molar-refractivity contribution < 1.29 is 4.79 Å². The number of aryl methyl sites for hydroxylation is 1. The van der Waals surface area contributed by atoms with Crippen LogP contribution in [0.2, 0.25) is 0 Å². The summed E-state index contributed by atoms with van der Waals surface area (Å²) in [5, 5.41) is 0. The number of nitrogens with zero attached hydrogens (tertiary/aromatic N) is 2. The van der Waals surface area contributed by atoms with Crippen molar-refractivity contribution in [2.75, 3.05) is 0 Å². The van der Waals surface area contributed by atoms with Crippen molar-refractivity contribution >= 4 is 5.91 Å². The Morgan fingerprint density at radius 1 is 1.43 bits per heavy atom. The maximum Gasteiger partial charge on any atom is 0.316 e. The van der Waals surface area contributed by atoms with E-state index in [4.69, 9.17) is 5.84 Å². The van der Waals surface area contributed by atoms with E-state index in [1.165, 1.54) is 19.4 Å². The van der Waals surface area contributed by atoms with Crippen LogP contribution in [-0.2, 0) is 18.4 Å². The predicted molar refractivity (Wildman–Crippen MR) is 48.3 cm³/mol. The Bertz CT molecular complexity index is 459. The second kappa shape index (κ2) is 3.88. The van der Waals surface area contributed by atoms with Crippen molar-refractivity contribution in [2.24, 2.45) is 12.9 Å². The highest BCUT2D eigenvalue weighted by atomic mass is 16.2. The van der Waals surface area contributed by atoms with Crippen LogP contribution < -0.4 is 22.4 Å². The molecule has 1 aromatic heterocycles. The summed E-state index contributed by atoms with van der Waals surface area (Å²) in [5.41, 5.74) is 0.433.